The molecule has 68 valence electrons. The lowest BCUT2D eigenvalue weighted by Gasteiger charge is -2.29. The zero-order valence-electron chi connectivity index (χ0n) is 7.12. The molecule has 0 aliphatic carbocycles. The van der Waals surface area contributed by atoms with Crippen molar-refractivity contribution in [3.63, 3.8) is 0 Å². The van der Waals surface area contributed by atoms with E-state index in [0.29, 0.717) is 0 Å². The maximum atomic E-state index is 11.1. The highest BCUT2D eigenvalue weighted by atomic mass is 16.9. The van der Waals surface area contributed by atoms with Gasteiger partial charge in [-0.1, -0.05) is 0 Å². The van der Waals surface area contributed by atoms with Crippen molar-refractivity contribution in [2.24, 2.45) is 5.41 Å². The fourth-order valence-corrected chi connectivity index (χ4v) is 0.673. The van der Waals surface area contributed by atoms with Crippen LogP contribution in [0.4, 0.5) is 0 Å². The van der Waals surface area contributed by atoms with Crippen LogP contribution in [0, 0.1) is 5.41 Å². The van der Waals surface area contributed by atoms with E-state index in [9.17, 15) is 9.59 Å². The molecule has 0 radical (unpaired) electrons. The van der Waals surface area contributed by atoms with E-state index in [2.05, 4.69) is 14.2 Å². The summed E-state index contributed by atoms with van der Waals surface area (Å²) in [6, 6.07) is 0. The number of rotatable bonds is 1. The van der Waals surface area contributed by atoms with Crippen molar-refractivity contribution in [1.29, 1.82) is 0 Å². The third-order valence-corrected chi connectivity index (χ3v) is 1.62. The second-order valence-electron chi connectivity index (χ2n) is 2.96. The standard InChI is InChI=1S/C7H10O5/c1-7(2)4(8)11-6(10-3)12-5(7)9/h6H,1-3H3. The summed E-state index contributed by atoms with van der Waals surface area (Å²) in [7, 11) is 1.28. The van der Waals surface area contributed by atoms with Crippen LogP contribution >= 0.6 is 0 Å². The van der Waals surface area contributed by atoms with Crippen LogP contribution in [0.15, 0.2) is 0 Å². The smallest absolute Gasteiger partial charge is 0.364 e. The first kappa shape index (κ1) is 8.99. The topological polar surface area (TPSA) is 61.8 Å². The first-order chi connectivity index (χ1) is 5.48. The number of carbonyl (C=O) groups excluding carboxylic acids is 2. The molecule has 1 saturated heterocycles. The van der Waals surface area contributed by atoms with Crippen LogP contribution in [0.25, 0.3) is 0 Å². The van der Waals surface area contributed by atoms with Crippen LogP contribution in [0.2, 0.25) is 0 Å². The Labute approximate surface area is 69.6 Å². The number of cyclic esters (lactones) is 2. The molecular formula is C7H10O5. The van der Waals surface area contributed by atoms with Crippen molar-refractivity contribution in [2.75, 3.05) is 7.11 Å². The molecule has 0 aromatic heterocycles. The maximum Gasteiger partial charge on any atom is 0.364 e. The fourth-order valence-electron chi connectivity index (χ4n) is 0.673. The number of methoxy groups -OCH3 is 1. The summed E-state index contributed by atoms with van der Waals surface area (Å²) in [6.45, 7) is 1.67. The van der Waals surface area contributed by atoms with E-state index in [-0.39, 0.29) is 0 Å². The number of hydrogen-bond acceptors (Lipinski definition) is 5. The first-order valence-corrected chi connectivity index (χ1v) is 3.43. The van der Waals surface area contributed by atoms with Gasteiger partial charge in [0.15, 0.2) is 5.41 Å². The Kier molecular flexibility index (Phi) is 2.06. The molecular weight excluding hydrogens is 164 g/mol. The van der Waals surface area contributed by atoms with Gasteiger partial charge in [0.25, 0.3) is 0 Å². The average Bonchev–Trinajstić information content (AvgIpc) is 2.00. The molecule has 1 rings (SSSR count). The molecule has 0 aromatic rings. The van der Waals surface area contributed by atoms with Crippen LogP contribution in [0.3, 0.4) is 0 Å². The Morgan fingerprint density at radius 1 is 1.25 bits per heavy atom. The number of ether oxygens (including phenoxy) is 3. The van der Waals surface area contributed by atoms with E-state index >= 15 is 0 Å². The Morgan fingerprint density at radius 3 is 2.00 bits per heavy atom. The van der Waals surface area contributed by atoms with E-state index in [1.165, 1.54) is 21.0 Å². The summed E-state index contributed by atoms with van der Waals surface area (Å²) >= 11 is 0. The molecule has 5 nitrogen and oxygen atoms in total. The lowest BCUT2D eigenvalue weighted by Crippen LogP contribution is -2.47. The molecule has 0 unspecified atom stereocenters. The van der Waals surface area contributed by atoms with Gasteiger partial charge in [-0.25, -0.2) is 0 Å². The molecule has 0 amide bonds. The monoisotopic (exact) mass is 174 g/mol. The second-order valence-corrected chi connectivity index (χ2v) is 2.96. The van der Waals surface area contributed by atoms with Gasteiger partial charge in [-0.2, -0.15) is 0 Å². The van der Waals surface area contributed by atoms with Gasteiger partial charge in [-0.05, 0) is 13.8 Å². The molecule has 0 saturated carbocycles. The predicted octanol–water partition coefficient (Wildman–Crippen LogP) is 0.0426. The summed E-state index contributed by atoms with van der Waals surface area (Å²) in [5.74, 6) is -1.27. The van der Waals surface area contributed by atoms with Gasteiger partial charge < -0.3 is 14.2 Å². The maximum absolute atomic E-state index is 11.1. The van der Waals surface area contributed by atoms with Gasteiger partial charge in [0.2, 0.25) is 0 Å². The summed E-state index contributed by atoms with van der Waals surface area (Å²) in [4.78, 5) is 22.2. The first-order valence-electron chi connectivity index (χ1n) is 3.43. The van der Waals surface area contributed by atoms with Crippen molar-refractivity contribution in [1.82, 2.24) is 0 Å². The van der Waals surface area contributed by atoms with Crippen LogP contribution in [0.1, 0.15) is 13.8 Å². The van der Waals surface area contributed by atoms with Crippen molar-refractivity contribution in [2.45, 2.75) is 20.3 Å². The normalized spacial score (nSPS) is 23.2. The quantitative estimate of drug-likeness (QED) is 0.415. The molecule has 0 spiro atoms. The molecule has 0 N–H and O–H groups in total. The zero-order valence-corrected chi connectivity index (χ0v) is 7.12. The van der Waals surface area contributed by atoms with E-state index in [1.807, 2.05) is 0 Å². The average molecular weight is 174 g/mol. The third-order valence-electron chi connectivity index (χ3n) is 1.62. The summed E-state index contributed by atoms with van der Waals surface area (Å²) in [6.07, 6.45) is 0. The predicted molar refractivity (Wildman–Crippen MR) is 36.8 cm³/mol. The molecule has 0 bridgehead atoms. The Hall–Kier alpha value is -1.10. The van der Waals surface area contributed by atoms with Gasteiger partial charge in [0.05, 0.1) is 0 Å². The Bertz CT molecular complexity index is 200. The zero-order chi connectivity index (χ0) is 9.35. The van der Waals surface area contributed by atoms with Crippen LogP contribution in [-0.2, 0) is 23.8 Å². The largest absolute Gasteiger partial charge is 0.399 e. The number of carbonyl (C=O) groups is 2. The highest BCUT2D eigenvalue weighted by Gasteiger charge is 2.46. The van der Waals surface area contributed by atoms with Crippen LogP contribution < -0.4 is 0 Å². The lowest BCUT2D eigenvalue weighted by molar-refractivity contribution is -0.282. The van der Waals surface area contributed by atoms with E-state index < -0.39 is 23.8 Å². The third kappa shape index (κ3) is 1.27. The Balaban J connectivity index is 2.78. The van der Waals surface area contributed by atoms with Crippen LogP contribution in [0.5, 0.6) is 0 Å². The van der Waals surface area contributed by atoms with Gasteiger partial charge in [-0.3, -0.25) is 9.59 Å². The summed E-state index contributed by atoms with van der Waals surface area (Å²) in [5.41, 5.74) is -1.23. The van der Waals surface area contributed by atoms with Gasteiger partial charge >= 0.3 is 18.4 Å². The number of hydrogen-bond donors (Lipinski definition) is 0. The molecule has 5 heteroatoms. The molecule has 1 fully saturated rings. The SMILES string of the molecule is COC1OC(=O)C(C)(C)C(=O)O1. The highest BCUT2D eigenvalue weighted by Crippen LogP contribution is 2.26. The molecule has 1 aliphatic rings. The van der Waals surface area contributed by atoms with E-state index in [4.69, 9.17) is 0 Å². The van der Waals surface area contributed by atoms with Crippen molar-refractivity contribution < 1.29 is 23.8 Å². The van der Waals surface area contributed by atoms with Crippen molar-refractivity contribution >= 4 is 11.9 Å². The van der Waals surface area contributed by atoms with Crippen LogP contribution in [-0.4, -0.2) is 25.5 Å². The van der Waals surface area contributed by atoms with E-state index in [1.54, 1.807) is 0 Å². The van der Waals surface area contributed by atoms with Crippen molar-refractivity contribution in [3.05, 3.63) is 0 Å². The van der Waals surface area contributed by atoms with E-state index in [0.717, 1.165) is 0 Å². The second kappa shape index (κ2) is 2.75. The highest BCUT2D eigenvalue weighted by molar-refractivity contribution is 6.00. The molecule has 0 aromatic carbocycles. The molecule has 12 heavy (non-hydrogen) atoms. The van der Waals surface area contributed by atoms with Gasteiger partial charge in [0, 0.05) is 7.11 Å². The van der Waals surface area contributed by atoms with Gasteiger partial charge in [-0.15, -0.1) is 0 Å². The fraction of sp³-hybridized carbons (Fsp3) is 0.714. The summed E-state index contributed by atoms with van der Waals surface area (Å²) in [5, 5.41) is 0. The minimum Gasteiger partial charge on any atom is -0.399 e. The summed E-state index contributed by atoms with van der Waals surface area (Å²) < 4.78 is 13.8. The van der Waals surface area contributed by atoms with Gasteiger partial charge in [0.1, 0.15) is 0 Å². The molecule has 1 aliphatic heterocycles. The van der Waals surface area contributed by atoms with Crippen molar-refractivity contribution in [3.8, 4) is 0 Å². The lowest BCUT2D eigenvalue weighted by atomic mass is 9.94. The molecule has 0 atom stereocenters. The minimum absolute atomic E-state index is 0.634. The number of esters is 2. The minimum atomic E-state index is -1.23. The molecule has 1 heterocycles. The Morgan fingerprint density at radius 2 is 1.67 bits per heavy atom.